The van der Waals surface area contributed by atoms with Gasteiger partial charge in [0.25, 0.3) is 5.91 Å². The van der Waals surface area contributed by atoms with Crippen LogP contribution in [0.4, 0.5) is 0 Å². The van der Waals surface area contributed by atoms with E-state index < -0.39 is 0 Å². The number of hydrogen-bond acceptors (Lipinski definition) is 3. The molecule has 1 aromatic heterocycles. The van der Waals surface area contributed by atoms with Crippen molar-refractivity contribution in [3.8, 4) is 16.9 Å². The zero-order chi connectivity index (χ0) is 24.8. The van der Waals surface area contributed by atoms with Crippen LogP contribution in [0.2, 0.25) is 0 Å². The molecule has 1 saturated heterocycles. The number of benzene rings is 2. The second kappa shape index (κ2) is 11.3. The molecule has 0 radical (unpaired) electrons. The summed E-state index contributed by atoms with van der Waals surface area (Å²) < 4.78 is 1.77. The molecule has 0 unspecified atom stereocenters. The molecular weight excluding hydrogens is 436 g/mol. The highest BCUT2D eigenvalue weighted by molar-refractivity contribution is 6.00. The van der Waals surface area contributed by atoms with E-state index in [-0.39, 0.29) is 23.8 Å². The number of nitrogens with zero attached hydrogens (tertiary/aromatic N) is 3. The molecule has 4 rings (SSSR count). The Bertz CT molecular complexity index is 1130. The molecule has 0 spiro atoms. The van der Waals surface area contributed by atoms with E-state index >= 15 is 0 Å². The molecule has 6 heteroatoms. The van der Waals surface area contributed by atoms with Crippen molar-refractivity contribution in [1.82, 2.24) is 20.0 Å². The van der Waals surface area contributed by atoms with Crippen molar-refractivity contribution in [3.63, 3.8) is 0 Å². The second-order valence-electron chi connectivity index (χ2n) is 9.31. The Morgan fingerprint density at radius 1 is 0.971 bits per heavy atom. The van der Waals surface area contributed by atoms with Gasteiger partial charge in [-0.1, -0.05) is 63.2 Å². The first-order valence-corrected chi connectivity index (χ1v) is 12.9. The Labute approximate surface area is 208 Å². The summed E-state index contributed by atoms with van der Waals surface area (Å²) in [7, 11) is 0. The first kappa shape index (κ1) is 24.7. The van der Waals surface area contributed by atoms with Crippen molar-refractivity contribution in [1.29, 1.82) is 0 Å². The van der Waals surface area contributed by atoms with Crippen LogP contribution < -0.4 is 5.32 Å². The van der Waals surface area contributed by atoms with Gasteiger partial charge in [-0.25, -0.2) is 4.68 Å². The van der Waals surface area contributed by atoms with Crippen LogP contribution in [-0.4, -0.2) is 45.6 Å². The molecule has 1 N–H and O–H groups in total. The maximum Gasteiger partial charge on any atom is 0.255 e. The van der Waals surface area contributed by atoms with Gasteiger partial charge in [-0.15, -0.1) is 0 Å². The predicted molar refractivity (Wildman–Crippen MR) is 140 cm³/mol. The van der Waals surface area contributed by atoms with Gasteiger partial charge in [-0.3, -0.25) is 9.59 Å². The average molecular weight is 473 g/mol. The average Bonchev–Trinajstić information content (AvgIpc) is 3.36. The third-order valence-electron chi connectivity index (χ3n) is 7.09. The summed E-state index contributed by atoms with van der Waals surface area (Å²) >= 11 is 0. The van der Waals surface area contributed by atoms with E-state index in [0.717, 1.165) is 43.4 Å². The maximum absolute atomic E-state index is 13.4. The minimum atomic E-state index is -0.119. The van der Waals surface area contributed by atoms with Crippen LogP contribution in [0.1, 0.15) is 62.4 Å². The number of carbonyl (C=O) groups excluding carboxylic acids is 2. The summed E-state index contributed by atoms with van der Waals surface area (Å²) in [5.41, 5.74) is 4.32. The summed E-state index contributed by atoms with van der Waals surface area (Å²) in [4.78, 5) is 28.1. The predicted octanol–water partition coefficient (Wildman–Crippen LogP) is 5.26. The summed E-state index contributed by atoms with van der Waals surface area (Å²) in [6.45, 7) is 7.65. The fraction of sp³-hybridized carbons (Fsp3) is 0.414. The van der Waals surface area contributed by atoms with E-state index in [2.05, 4.69) is 38.2 Å². The van der Waals surface area contributed by atoms with Gasteiger partial charge in [-0.2, -0.15) is 5.10 Å². The van der Waals surface area contributed by atoms with Crippen LogP contribution >= 0.6 is 0 Å². The number of hydrogen-bond donors (Lipinski definition) is 1. The number of carbonyl (C=O) groups is 2. The topological polar surface area (TPSA) is 67.2 Å². The van der Waals surface area contributed by atoms with Gasteiger partial charge in [-0.05, 0) is 49.8 Å². The largest absolute Gasteiger partial charge is 0.349 e. The summed E-state index contributed by atoms with van der Waals surface area (Å²) in [5, 5.41) is 8.02. The number of nitrogens with one attached hydrogen (secondary N) is 1. The van der Waals surface area contributed by atoms with Gasteiger partial charge in [0.1, 0.15) is 5.69 Å². The van der Waals surface area contributed by atoms with Crippen LogP contribution in [0.25, 0.3) is 16.9 Å². The zero-order valence-electron chi connectivity index (χ0n) is 21.0. The summed E-state index contributed by atoms with van der Waals surface area (Å²) in [6, 6.07) is 18.1. The van der Waals surface area contributed by atoms with Crippen molar-refractivity contribution in [3.05, 3.63) is 71.9 Å². The van der Waals surface area contributed by atoms with E-state index in [1.807, 2.05) is 53.6 Å². The highest BCUT2D eigenvalue weighted by atomic mass is 16.2. The number of aromatic nitrogens is 2. The van der Waals surface area contributed by atoms with Crippen LogP contribution in [0.5, 0.6) is 0 Å². The molecule has 0 aliphatic carbocycles. The molecule has 0 saturated carbocycles. The zero-order valence-corrected chi connectivity index (χ0v) is 21.0. The Morgan fingerprint density at radius 3 is 2.23 bits per heavy atom. The minimum Gasteiger partial charge on any atom is -0.349 e. The summed E-state index contributed by atoms with van der Waals surface area (Å²) in [5.74, 6) is 0.236. The molecule has 3 aromatic rings. The third-order valence-corrected chi connectivity index (χ3v) is 7.09. The van der Waals surface area contributed by atoms with Crippen LogP contribution in [0, 0.1) is 5.92 Å². The van der Waals surface area contributed by atoms with Gasteiger partial charge in [0.05, 0.1) is 11.3 Å². The number of rotatable bonds is 8. The molecular formula is C29H36N4O2. The van der Waals surface area contributed by atoms with Gasteiger partial charge in [0, 0.05) is 36.8 Å². The van der Waals surface area contributed by atoms with Gasteiger partial charge in [0.15, 0.2) is 0 Å². The Morgan fingerprint density at radius 2 is 1.63 bits per heavy atom. The fourth-order valence-electron chi connectivity index (χ4n) is 4.77. The molecule has 0 bridgehead atoms. The lowest BCUT2D eigenvalue weighted by molar-refractivity contribution is -0.136. The Hall–Kier alpha value is -3.41. The Balaban J connectivity index is 1.52. The van der Waals surface area contributed by atoms with Crippen LogP contribution in [-0.2, 0) is 11.2 Å². The van der Waals surface area contributed by atoms with Crippen molar-refractivity contribution in [2.45, 2.75) is 58.9 Å². The van der Waals surface area contributed by atoms with Crippen molar-refractivity contribution >= 4 is 11.8 Å². The third kappa shape index (κ3) is 5.64. The first-order valence-electron chi connectivity index (χ1n) is 12.9. The lowest BCUT2D eigenvalue weighted by Crippen LogP contribution is -2.48. The number of aryl methyl sites for hydroxylation is 1. The molecule has 35 heavy (non-hydrogen) atoms. The Kier molecular flexibility index (Phi) is 8.01. The van der Waals surface area contributed by atoms with Crippen molar-refractivity contribution < 1.29 is 9.59 Å². The summed E-state index contributed by atoms with van der Waals surface area (Å²) in [6.07, 6.45) is 6.07. The molecule has 1 aliphatic heterocycles. The quantitative estimate of drug-likeness (QED) is 0.486. The molecule has 1 fully saturated rings. The first-order chi connectivity index (χ1) is 17.0. The maximum atomic E-state index is 13.4. The minimum absolute atomic E-state index is 0.0450. The van der Waals surface area contributed by atoms with Crippen molar-refractivity contribution in [2.75, 3.05) is 13.1 Å². The number of para-hydroxylation sites is 1. The number of amides is 2. The van der Waals surface area contributed by atoms with E-state index in [0.29, 0.717) is 24.3 Å². The van der Waals surface area contributed by atoms with E-state index in [9.17, 15) is 9.59 Å². The van der Waals surface area contributed by atoms with Gasteiger partial charge < -0.3 is 10.2 Å². The molecule has 184 valence electrons. The van der Waals surface area contributed by atoms with Gasteiger partial charge >= 0.3 is 0 Å². The molecule has 1 aliphatic rings. The van der Waals surface area contributed by atoms with Crippen LogP contribution in [0.3, 0.4) is 0 Å². The standard InChI is InChI=1S/C29H36N4O2/c1-4-21-12-14-23(15-13-21)27-26(20-33(31-27)25-10-8-7-9-11-25)28(34)30-24-16-18-32(19-17-24)29(35)22(5-2)6-3/h7-15,20,22,24H,4-6,16-19H2,1-3H3,(H,30,34). The lowest BCUT2D eigenvalue weighted by Gasteiger charge is -2.34. The molecule has 2 heterocycles. The monoisotopic (exact) mass is 472 g/mol. The highest BCUT2D eigenvalue weighted by Crippen LogP contribution is 2.25. The van der Waals surface area contributed by atoms with E-state index in [1.54, 1.807) is 4.68 Å². The normalized spacial score (nSPS) is 14.3. The van der Waals surface area contributed by atoms with Gasteiger partial charge in [0.2, 0.25) is 5.91 Å². The SMILES string of the molecule is CCc1ccc(-c2nn(-c3ccccc3)cc2C(=O)NC2CCN(C(=O)C(CC)CC)CC2)cc1. The highest BCUT2D eigenvalue weighted by Gasteiger charge is 2.28. The second-order valence-corrected chi connectivity index (χ2v) is 9.31. The molecule has 2 aromatic carbocycles. The molecule has 6 nitrogen and oxygen atoms in total. The lowest BCUT2D eigenvalue weighted by atomic mass is 9.98. The number of piperidine rings is 1. The van der Waals surface area contributed by atoms with Crippen LogP contribution in [0.15, 0.2) is 60.8 Å². The van der Waals surface area contributed by atoms with E-state index in [4.69, 9.17) is 5.10 Å². The van der Waals surface area contributed by atoms with E-state index in [1.165, 1.54) is 5.56 Å². The molecule has 0 atom stereocenters. The number of likely N-dealkylation sites (tertiary alicyclic amines) is 1. The van der Waals surface area contributed by atoms with Crippen molar-refractivity contribution in [2.24, 2.45) is 5.92 Å². The fourth-order valence-corrected chi connectivity index (χ4v) is 4.77. The smallest absolute Gasteiger partial charge is 0.255 e. The molecule has 2 amide bonds.